The number of nitrogens with one attached hydrogen (secondary N) is 2. The van der Waals surface area contributed by atoms with Gasteiger partial charge in [0.25, 0.3) is 0 Å². The van der Waals surface area contributed by atoms with Gasteiger partial charge in [-0.05, 0) is 30.5 Å². The molecule has 1 aliphatic rings. The second-order valence-electron chi connectivity index (χ2n) is 7.62. The first-order chi connectivity index (χ1) is 14.7. The zero-order valence-corrected chi connectivity index (χ0v) is 17.6. The number of aryl methyl sites for hydroxylation is 1. The zero-order chi connectivity index (χ0) is 22.2. The molecule has 0 aliphatic heterocycles. The van der Waals surface area contributed by atoms with Crippen molar-refractivity contribution in [3.05, 3.63) is 58.7 Å². The summed E-state index contributed by atoms with van der Waals surface area (Å²) in [5.74, 6) is -1.41. The Kier molecular flexibility index (Phi) is 5.76. The smallest absolute Gasteiger partial charge is 0.360 e. The molecule has 0 saturated carbocycles. The van der Waals surface area contributed by atoms with E-state index < -0.39 is 12.1 Å². The minimum absolute atomic E-state index is 0.0393. The average Bonchev–Trinajstić information content (AvgIpc) is 3.31. The van der Waals surface area contributed by atoms with Crippen molar-refractivity contribution in [2.24, 2.45) is 18.7 Å². The molecule has 0 radical (unpaired) electrons. The van der Waals surface area contributed by atoms with E-state index in [1.54, 1.807) is 23.9 Å². The molecule has 0 spiro atoms. The molecule has 2 atom stereocenters. The second-order valence-corrected chi connectivity index (χ2v) is 8.65. The van der Waals surface area contributed by atoms with Crippen molar-refractivity contribution < 1.29 is 13.2 Å². The highest BCUT2D eigenvalue weighted by atomic mass is 32.1. The number of nitrogens with two attached hydrogens (primary N) is 1. The first-order valence-corrected chi connectivity index (χ1v) is 10.6. The average molecular weight is 450 g/mol. The lowest BCUT2D eigenvalue weighted by atomic mass is 9.93. The van der Waals surface area contributed by atoms with Crippen molar-refractivity contribution in [2.45, 2.75) is 25.1 Å². The molecule has 164 valence electrons. The molecule has 2 aromatic heterocycles. The molecule has 31 heavy (non-hydrogen) atoms. The lowest BCUT2D eigenvalue weighted by Gasteiger charge is -2.20. The van der Waals surface area contributed by atoms with Gasteiger partial charge in [-0.15, -0.1) is 0 Å². The lowest BCUT2D eigenvalue weighted by Crippen LogP contribution is -2.30. The van der Waals surface area contributed by atoms with Gasteiger partial charge in [-0.2, -0.15) is 13.2 Å². The number of H-pyrrole nitrogens is 1. The predicted molar refractivity (Wildman–Crippen MR) is 117 cm³/mol. The van der Waals surface area contributed by atoms with E-state index in [9.17, 15) is 18.0 Å². The molecule has 2 heterocycles. The number of allylic oxidation sites excluding steroid dienone is 3. The van der Waals surface area contributed by atoms with Crippen molar-refractivity contribution in [2.75, 3.05) is 11.9 Å². The number of thiazole rings is 1. The van der Waals surface area contributed by atoms with Crippen molar-refractivity contribution in [3.63, 3.8) is 0 Å². The summed E-state index contributed by atoms with van der Waals surface area (Å²) in [6.45, 7) is 0.451. The molecule has 6 nitrogen and oxygen atoms in total. The standard InChI is InChI=1S/C21H22F3N5OS/c1-29-17-9-13(4-7-16(17)28-20(29)30)18-11-27-19(31-18)26-10-15(25)8-12-2-5-14(6-3-12)21(22,23)24/h2-5,7,9,11,14-15H,6,8,10,25H2,1H3,(H,26,27)(H,28,30)/t14?,15-/m0/s1. The molecule has 4 rings (SSSR count). The third kappa shape index (κ3) is 4.75. The Morgan fingerprint density at radius 2 is 2.23 bits per heavy atom. The number of fused-ring (bicyclic) bond motifs is 1. The maximum atomic E-state index is 12.7. The molecule has 1 aliphatic carbocycles. The van der Waals surface area contributed by atoms with Crippen LogP contribution in [0.2, 0.25) is 0 Å². The number of halogens is 3. The molecular weight excluding hydrogens is 427 g/mol. The number of aromatic nitrogens is 3. The summed E-state index contributed by atoms with van der Waals surface area (Å²) in [6.07, 6.45) is 2.35. The third-order valence-corrected chi connectivity index (χ3v) is 6.31. The van der Waals surface area contributed by atoms with Crippen LogP contribution in [0.15, 0.2) is 53.0 Å². The normalized spacial score (nSPS) is 17.7. The van der Waals surface area contributed by atoms with Crippen molar-refractivity contribution >= 4 is 27.5 Å². The maximum absolute atomic E-state index is 12.7. The van der Waals surface area contributed by atoms with Crippen LogP contribution in [-0.4, -0.2) is 33.3 Å². The molecule has 1 unspecified atom stereocenters. The van der Waals surface area contributed by atoms with Crippen LogP contribution >= 0.6 is 11.3 Å². The van der Waals surface area contributed by atoms with Crippen molar-refractivity contribution in [3.8, 4) is 10.4 Å². The summed E-state index contributed by atoms with van der Waals surface area (Å²) >= 11 is 1.47. The second kappa shape index (κ2) is 8.35. The highest BCUT2D eigenvalue weighted by Crippen LogP contribution is 2.34. The number of hydrogen-bond acceptors (Lipinski definition) is 5. The van der Waals surface area contributed by atoms with Crippen LogP contribution < -0.4 is 16.7 Å². The fraction of sp³-hybridized carbons (Fsp3) is 0.333. The molecule has 3 aromatic rings. The van der Waals surface area contributed by atoms with Gasteiger partial charge in [-0.3, -0.25) is 4.57 Å². The minimum Gasteiger partial charge on any atom is -0.360 e. The predicted octanol–water partition coefficient (Wildman–Crippen LogP) is 4.18. The van der Waals surface area contributed by atoms with Crippen LogP contribution in [-0.2, 0) is 7.05 Å². The summed E-state index contributed by atoms with van der Waals surface area (Å²) in [4.78, 5) is 19.9. The third-order valence-electron chi connectivity index (χ3n) is 5.31. The Hall–Kier alpha value is -2.85. The van der Waals surface area contributed by atoms with E-state index in [0.717, 1.165) is 27.0 Å². The number of benzene rings is 1. The largest absolute Gasteiger partial charge is 0.395 e. The van der Waals surface area contributed by atoms with Crippen molar-refractivity contribution in [1.29, 1.82) is 0 Å². The molecule has 0 amide bonds. The molecular formula is C21H22F3N5OS. The number of imidazole rings is 1. The monoisotopic (exact) mass is 449 g/mol. The van der Waals surface area contributed by atoms with E-state index in [-0.39, 0.29) is 18.2 Å². The minimum atomic E-state index is -4.20. The number of alkyl halides is 3. The summed E-state index contributed by atoms with van der Waals surface area (Å²) < 4.78 is 39.7. The highest BCUT2D eigenvalue weighted by molar-refractivity contribution is 7.18. The van der Waals surface area contributed by atoms with Crippen LogP contribution in [0.1, 0.15) is 12.8 Å². The SMILES string of the molecule is Cn1c(=O)[nH]c2ccc(-c3cnc(NC[C@@H](N)CC4=CCC(C(F)(F)F)C=C4)s3)cc21. The van der Waals surface area contributed by atoms with Gasteiger partial charge < -0.3 is 16.0 Å². The Morgan fingerprint density at radius 1 is 1.42 bits per heavy atom. The Bertz CT molecular complexity index is 1200. The van der Waals surface area contributed by atoms with Gasteiger partial charge in [0.15, 0.2) is 5.13 Å². The molecule has 0 saturated heterocycles. The first-order valence-electron chi connectivity index (χ1n) is 9.79. The number of nitrogens with zero attached hydrogens (tertiary/aromatic N) is 2. The van der Waals surface area contributed by atoms with Crippen LogP contribution in [0.25, 0.3) is 21.5 Å². The number of anilines is 1. The van der Waals surface area contributed by atoms with Crippen LogP contribution in [0.4, 0.5) is 18.3 Å². The van der Waals surface area contributed by atoms with E-state index in [1.807, 2.05) is 18.2 Å². The molecule has 1 aromatic carbocycles. The Morgan fingerprint density at radius 3 is 2.94 bits per heavy atom. The van der Waals surface area contributed by atoms with Crippen molar-refractivity contribution in [1.82, 2.24) is 14.5 Å². The molecule has 10 heteroatoms. The van der Waals surface area contributed by atoms with E-state index in [0.29, 0.717) is 18.1 Å². The van der Waals surface area contributed by atoms with Crippen LogP contribution in [0.3, 0.4) is 0 Å². The number of hydrogen-bond donors (Lipinski definition) is 3. The van der Waals surface area contributed by atoms with E-state index in [1.165, 1.54) is 23.5 Å². The number of rotatable bonds is 6. The lowest BCUT2D eigenvalue weighted by molar-refractivity contribution is -0.160. The summed E-state index contributed by atoms with van der Waals surface area (Å²) in [7, 11) is 1.71. The Balaban J connectivity index is 1.34. The first kappa shape index (κ1) is 21.4. The van der Waals surface area contributed by atoms with Gasteiger partial charge in [0.05, 0.1) is 21.8 Å². The summed E-state index contributed by atoms with van der Waals surface area (Å²) in [5, 5.41) is 3.91. The van der Waals surface area contributed by atoms with E-state index in [4.69, 9.17) is 5.73 Å². The quantitative estimate of drug-likeness (QED) is 0.527. The fourth-order valence-electron chi connectivity index (χ4n) is 3.52. The van der Waals surface area contributed by atoms with Crippen LogP contribution in [0, 0.1) is 5.92 Å². The molecule has 4 N–H and O–H groups in total. The van der Waals surface area contributed by atoms with E-state index >= 15 is 0 Å². The van der Waals surface area contributed by atoms with Gasteiger partial charge in [0.2, 0.25) is 0 Å². The Labute approximate surface area is 180 Å². The topological polar surface area (TPSA) is 88.7 Å². The van der Waals surface area contributed by atoms with Gasteiger partial charge >= 0.3 is 11.9 Å². The summed E-state index contributed by atoms with van der Waals surface area (Å²) in [5.41, 5.74) is 9.35. The summed E-state index contributed by atoms with van der Waals surface area (Å²) in [6, 6.07) is 5.48. The van der Waals surface area contributed by atoms with Gasteiger partial charge in [-0.25, -0.2) is 9.78 Å². The van der Waals surface area contributed by atoms with Gasteiger partial charge in [0.1, 0.15) is 0 Å². The number of aromatic amines is 1. The maximum Gasteiger partial charge on any atom is 0.395 e. The molecule has 0 bridgehead atoms. The van der Waals surface area contributed by atoms with Gasteiger partial charge in [0, 0.05) is 25.8 Å². The van der Waals surface area contributed by atoms with E-state index in [2.05, 4.69) is 15.3 Å². The fourth-order valence-corrected chi connectivity index (χ4v) is 4.34. The van der Waals surface area contributed by atoms with Gasteiger partial charge in [-0.1, -0.05) is 41.2 Å². The molecule has 0 fully saturated rings. The highest BCUT2D eigenvalue weighted by Gasteiger charge is 2.37. The zero-order valence-electron chi connectivity index (χ0n) is 16.7. The van der Waals surface area contributed by atoms with Crippen LogP contribution in [0.5, 0.6) is 0 Å².